The minimum atomic E-state index is -0.896. The molecule has 2 saturated heterocycles. The van der Waals surface area contributed by atoms with E-state index in [0.29, 0.717) is 30.7 Å². The van der Waals surface area contributed by atoms with E-state index in [1.807, 2.05) is 24.3 Å². The third-order valence-corrected chi connectivity index (χ3v) is 5.04. The highest BCUT2D eigenvalue weighted by Crippen LogP contribution is 2.42. The Morgan fingerprint density at radius 3 is 2.52 bits per heavy atom. The van der Waals surface area contributed by atoms with Crippen molar-refractivity contribution in [2.75, 3.05) is 19.5 Å². The summed E-state index contributed by atoms with van der Waals surface area (Å²) in [7, 11) is 3.71. The van der Waals surface area contributed by atoms with Crippen molar-refractivity contribution in [3.05, 3.63) is 24.3 Å². The van der Waals surface area contributed by atoms with Crippen molar-refractivity contribution in [2.45, 2.75) is 43.3 Å². The van der Waals surface area contributed by atoms with Crippen molar-refractivity contribution >= 4 is 11.7 Å². The van der Waals surface area contributed by atoms with Gasteiger partial charge < -0.3 is 20.1 Å². The van der Waals surface area contributed by atoms with Gasteiger partial charge in [0.25, 0.3) is 0 Å². The van der Waals surface area contributed by atoms with Crippen LogP contribution in [0.15, 0.2) is 24.3 Å². The van der Waals surface area contributed by atoms with Gasteiger partial charge in [-0.15, -0.1) is 0 Å². The van der Waals surface area contributed by atoms with Crippen LogP contribution < -0.4 is 10.1 Å². The number of piperidine rings is 1. The molecule has 2 N–H and O–H groups in total. The maximum Gasteiger partial charge on any atom is 0.329 e. The minimum Gasteiger partial charge on any atom is -0.495 e. The lowest BCUT2D eigenvalue weighted by molar-refractivity contribution is -0.145. The van der Waals surface area contributed by atoms with Crippen LogP contribution in [0.3, 0.4) is 0 Å². The van der Waals surface area contributed by atoms with E-state index in [2.05, 4.69) is 17.3 Å². The third kappa shape index (κ3) is 2.35. The number of ether oxygens (including phenoxy) is 1. The molecule has 0 aromatic heterocycles. The molecule has 0 spiro atoms. The number of fused-ring (bicyclic) bond motifs is 2. The highest BCUT2D eigenvalue weighted by atomic mass is 16.5. The number of anilines is 1. The van der Waals surface area contributed by atoms with Crippen LogP contribution in [0.4, 0.5) is 5.69 Å². The highest BCUT2D eigenvalue weighted by molar-refractivity contribution is 5.84. The normalized spacial score (nSPS) is 31.9. The summed E-state index contributed by atoms with van der Waals surface area (Å²) in [6.07, 6.45) is 3.44. The number of hydrogen-bond acceptors (Lipinski definition) is 4. The van der Waals surface area contributed by atoms with Gasteiger partial charge in [-0.25, -0.2) is 4.79 Å². The van der Waals surface area contributed by atoms with Crippen LogP contribution >= 0.6 is 0 Å². The zero-order valence-electron chi connectivity index (χ0n) is 12.5. The summed E-state index contributed by atoms with van der Waals surface area (Å²) in [6.45, 7) is 0. The molecule has 2 fully saturated rings. The second-order valence-electron chi connectivity index (χ2n) is 6.17. The van der Waals surface area contributed by atoms with Crippen LogP contribution in [-0.4, -0.2) is 47.8 Å². The summed E-state index contributed by atoms with van der Waals surface area (Å²) in [5.74, 6) is -0.0807. The lowest BCUT2D eigenvalue weighted by atomic mass is 9.82. The number of carbonyl (C=O) groups is 1. The van der Waals surface area contributed by atoms with Crippen molar-refractivity contribution in [3.63, 3.8) is 0 Å². The van der Waals surface area contributed by atoms with E-state index in [-0.39, 0.29) is 0 Å². The number of nitrogens with one attached hydrogen (secondary N) is 1. The topological polar surface area (TPSA) is 61.8 Å². The van der Waals surface area contributed by atoms with E-state index in [9.17, 15) is 9.90 Å². The van der Waals surface area contributed by atoms with Crippen LogP contribution in [0.5, 0.6) is 5.75 Å². The van der Waals surface area contributed by atoms with Gasteiger partial charge in [-0.05, 0) is 44.9 Å². The molecule has 3 rings (SSSR count). The number of nitrogens with zero attached hydrogens (tertiary/aromatic N) is 1. The predicted molar refractivity (Wildman–Crippen MR) is 80.8 cm³/mol. The minimum absolute atomic E-state index is 0.349. The number of carboxylic acid groups (broad SMARTS) is 1. The van der Waals surface area contributed by atoms with Crippen LogP contribution in [0.25, 0.3) is 0 Å². The molecule has 5 nitrogen and oxygen atoms in total. The van der Waals surface area contributed by atoms with E-state index in [1.54, 1.807) is 7.11 Å². The van der Waals surface area contributed by atoms with Gasteiger partial charge in [-0.3, -0.25) is 0 Å². The number of rotatable bonds is 4. The van der Waals surface area contributed by atoms with Crippen molar-refractivity contribution in [2.24, 2.45) is 0 Å². The molecule has 1 aromatic rings. The average molecular weight is 290 g/mol. The van der Waals surface area contributed by atoms with Crippen molar-refractivity contribution in [1.82, 2.24) is 4.90 Å². The molecule has 1 aromatic carbocycles. The lowest BCUT2D eigenvalue weighted by Gasteiger charge is -2.43. The second-order valence-corrected chi connectivity index (χ2v) is 6.17. The first-order valence-corrected chi connectivity index (χ1v) is 7.42. The fraction of sp³-hybridized carbons (Fsp3) is 0.562. The van der Waals surface area contributed by atoms with E-state index in [4.69, 9.17) is 4.74 Å². The van der Waals surface area contributed by atoms with Crippen LogP contribution in [0.2, 0.25) is 0 Å². The largest absolute Gasteiger partial charge is 0.495 e. The first kappa shape index (κ1) is 14.2. The average Bonchev–Trinajstić information content (AvgIpc) is 2.71. The van der Waals surface area contributed by atoms with Gasteiger partial charge >= 0.3 is 5.97 Å². The predicted octanol–water partition coefficient (Wildman–Crippen LogP) is 2.19. The second kappa shape index (κ2) is 5.22. The Bertz CT molecular complexity index is 532. The zero-order chi connectivity index (χ0) is 15.0. The van der Waals surface area contributed by atoms with E-state index >= 15 is 0 Å². The number of hydrogen-bond donors (Lipinski definition) is 2. The summed E-state index contributed by atoms with van der Waals surface area (Å²) in [4.78, 5) is 14.3. The van der Waals surface area contributed by atoms with Crippen LogP contribution in [-0.2, 0) is 4.79 Å². The Morgan fingerprint density at radius 2 is 1.95 bits per heavy atom. The molecule has 0 saturated carbocycles. The van der Waals surface area contributed by atoms with Gasteiger partial charge in [0, 0.05) is 12.1 Å². The van der Waals surface area contributed by atoms with Crippen molar-refractivity contribution in [1.29, 1.82) is 0 Å². The van der Waals surface area contributed by atoms with Gasteiger partial charge in [0.05, 0.1) is 12.8 Å². The molecule has 114 valence electrons. The van der Waals surface area contributed by atoms with Crippen LogP contribution in [0.1, 0.15) is 25.7 Å². The number of aliphatic carboxylic acids is 1. The molecular weight excluding hydrogens is 268 g/mol. The number of benzene rings is 1. The Hall–Kier alpha value is -1.75. The first-order chi connectivity index (χ1) is 10.1. The Kier molecular flexibility index (Phi) is 3.53. The summed E-state index contributed by atoms with van der Waals surface area (Å²) >= 11 is 0. The Labute approximate surface area is 124 Å². The molecule has 2 unspecified atom stereocenters. The SMILES string of the molecule is COc1ccccc1NC1(C(=O)O)CC2CCC(C1)N2C. The highest BCUT2D eigenvalue weighted by Gasteiger charge is 2.51. The van der Waals surface area contributed by atoms with Crippen molar-refractivity contribution < 1.29 is 14.6 Å². The molecular formula is C16H22N2O3. The van der Waals surface area contributed by atoms with Gasteiger partial charge in [0.1, 0.15) is 11.3 Å². The third-order valence-electron chi connectivity index (χ3n) is 5.04. The van der Waals surface area contributed by atoms with E-state index in [0.717, 1.165) is 18.5 Å². The quantitative estimate of drug-likeness (QED) is 0.890. The maximum atomic E-state index is 12.0. The monoisotopic (exact) mass is 290 g/mol. The molecule has 2 aliphatic rings. The zero-order valence-corrected chi connectivity index (χ0v) is 12.5. The molecule has 0 amide bonds. The number of para-hydroxylation sites is 2. The molecule has 21 heavy (non-hydrogen) atoms. The number of carboxylic acids is 1. The van der Waals surface area contributed by atoms with E-state index < -0.39 is 11.5 Å². The number of methoxy groups -OCH3 is 1. The fourth-order valence-electron chi connectivity index (χ4n) is 3.81. The summed E-state index contributed by atoms with van der Waals surface area (Å²) < 4.78 is 5.34. The fourth-order valence-corrected chi connectivity index (χ4v) is 3.81. The Morgan fingerprint density at radius 1 is 1.33 bits per heavy atom. The molecule has 2 bridgehead atoms. The first-order valence-electron chi connectivity index (χ1n) is 7.42. The van der Waals surface area contributed by atoms with Gasteiger partial charge in [0.2, 0.25) is 0 Å². The molecule has 2 heterocycles. The Balaban J connectivity index is 1.91. The smallest absolute Gasteiger partial charge is 0.329 e. The van der Waals surface area contributed by atoms with Crippen molar-refractivity contribution in [3.8, 4) is 5.75 Å². The van der Waals surface area contributed by atoms with Gasteiger partial charge in [0.15, 0.2) is 0 Å². The molecule has 2 aliphatic heterocycles. The summed E-state index contributed by atoms with van der Waals surface area (Å²) in [5.41, 5.74) is -0.140. The standard InChI is InChI=1S/C16H22N2O3/c1-18-11-7-8-12(18)10-16(9-11,15(19)20)17-13-5-3-4-6-14(13)21-2/h3-6,11-12,17H,7-10H2,1-2H3,(H,19,20). The summed E-state index contributed by atoms with van der Waals surface area (Å²) in [6, 6.07) is 8.20. The molecule has 5 heteroatoms. The van der Waals surface area contributed by atoms with Crippen LogP contribution in [0, 0.1) is 0 Å². The lowest BCUT2D eigenvalue weighted by Crippen LogP contribution is -2.57. The van der Waals surface area contributed by atoms with Gasteiger partial charge in [-0.1, -0.05) is 12.1 Å². The molecule has 0 radical (unpaired) electrons. The van der Waals surface area contributed by atoms with Gasteiger partial charge in [-0.2, -0.15) is 0 Å². The summed E-state index contributed by atoms with van der Waals surface area (Å²) in [5, 5.41) is 13.1. The molecule has 0 aliphatic carbocycles. The van der Waals surface area contributed by atoms with E-state index in [1.165, 1.54) is 0 Å². The molecule has 2 atom stereocenters. The maximum absolute atomic E-state index is 12.0.